The first-order valence-electron chi connectivity index (χ1n) is 12.8. The zero-order valence-electron chi connectivity index (χ0n) is 19.8. The van der Waals surface area contributed by atoms with Crippen molar-refractivity contribution in [3.8, 4) is 0 Å². The number of likely N-dealkylation sites (tertiary alicyclic amines) is 2. The van der Waals surface area contributed by atoms with Gasteiger partial charge < -0.3 is 14.7 Å². The van der Waals surface area contributed by atoms with E-state index in [0.717, 1.165) is 70.1 Å². The summed E-state index contributed by atoms with van der Waals surface area (Å²) >= 11 is 0. The van der Waals surface area contributed by atoms with Gasteiger partial charge in [-0.2, -0.15) is 0 Å². The fourth-order valence-corrected chi connectivity index (χ4v) is 5.63. The maximum absolute atomic E-state index is 13.0. The van der Waals surface area contributed by atoms with Crippen molar-refractivity contribution in [3.63, 3.8) is 0 Å². The van der Waals surface area contributed by atoms with Crippen molar-refractivity contribution in [3.05, 3.63) is 35.9 Å². The van der Waals surface area contributed by atoms with Gasteiger partial charge in [0.1, 0.15) is 6.10 Å². The van der Waals surface area contributed by atoms with Crippen LogP contribution in [0.4, 0.5) is 4.79 Å². The van der Waals surface area contributed by atoms with Crippen LogP contribution in [0.1, 0.15) is 69.8 Å². The Hall–Kier alpha value is -1.96. The van der Waals surface area contributed by atoms with Crippen molar-refractivity contribution in [2.24, 2.45) is 5.92 Å². The van der Waals surface area contributed by atoms with Crippen LogP contribution in [0.3, 0.4) is 0 Å². The lowest BCUT2D eigenvalue weighted by molar-refractivity contribution is -0.158. The van der Waals surface area contributed by atoms with E-state index < -0.39 is 18.4 Å². The fourth-order valence-electron chi connectivity index (χ4n) is 5.63. The molecule has 2 heterocycles. The molecule has 0 spiro atoms. The number of rotatable bonds is 5. The average molecular weight is 458 g/mol. The molecule has 1 aromatic carbocycles. The molecule has 3 atom stereocenters. The summed E-state index contributed by atoms with van der Waals surface area (Å²) in [5, 5.41) is 13.9. The van der Waals surface area contributed by atoms with Gasteiger partial charge in [0, 0.05) is 31.5 Å². The maximum Gasteiger partial charge on any atom is 0.326 e. The SMILES string of the molecule is CCN1CCC(OC2C(c3ccccc3)CCN(C(=O)NC(=O)C3CCCCC3)C2O)CC1. The Bertz CT molecular complexity index is 775. The second-order valence-corrected chi connectivity index (χ2v) is 9.78. The molecular weight excluding hydrogens is 418 g/mol. The lowest BCUT2D eigenvalue weighted by atomic mass is 9.85. The summed E-state index contributed by atoms with van der Waals surface area (Å²) in [4.78, 5) is 29.4. The Kier molecular flexibility index (Phi) is 8.39. The number of aliphatic hydroxyl groups excluding tert-OH is 1. The van der Waals surface area contributed by atoms with Crippen LogP contribution in [0.25, 0.3) is 0 Å². The molecule has 182 valence electrons. The standard InChI is InChI=1S/C26H39N3O4/c1-2-28-16-13-21(14-17-28)33-23-22(19-9-5-3-6-10-19)15-18-29(25(23)31)26(32)27-24(30)20-11-7-4-8-12-20/h3,5-6,9-10,20-23,25,31H,2,4,7-8,11-18H2,1H3,(H,27,30,32). The predicted octanol–water partition coefficient (Wildman–Crippen LogP) is 3.48. The van der Waals surface area contributed by atoms with E-state index in [1.807, 2.05) is 18.2 Å². The normalized spacial score (nSPS) is 27.9. The Morgan fingerprint density at radius 3 is 2.36 bits per heavy atom. The van der Waals surface area contributed by atoms with Gasteiger partial charge in [0.25, 0.3) is 0 Å². The van der Waals surface area contributed by atoms with E-state index in [1.165, 1.54) is 4.90 Å². The molecule has 3 aliphatic rings. The minimum absolute atomic E-state index is 0.00324. The van der Waals surface area contributed by atoms with Gasteiger partial charge in [0.2, 0.25) is 5.91 Å². The van der Waals surface area contributed by atoms with Crippen molar-refractivity contribution in [1.82, 2.24) is 15.1 Å². The third-order valence-electron chi connectivity index (χ3n) is 7.72. The Morgan fingerprint density at radius 1 is 1.00 bits per heavy atom. The number of aliphatic hydroxyl groups is 1. The molecule has 2 N–H and O–H groups in total. The fraction of sp³-hybridized carbons (Fsp3) is 0.692. The van der Waals surface area contributed by atoms with Gasteiger partial charge in [-0.15, -0.1) is 0 Å². The quantitative estimate of drug-likeness (QED) is 0.707. The number of amides is 3. The van der Waals surface area contributed by atoms with Gasteiger partial charge in [-0.3, -0.25) is 15.0 Å². The summed E-state index contributed by atoms with van der Waals surface area (Å²) in [7, 11) is 0. The highest BCUT2D eigenvalue weighted by atomic mass is 16.5. The number of imide groups is 1. The van der Waals surface area contributed by atoms with Gasteiger partial charge >= 0.3 is 6.03 Å². The van der Waals surface area contributed by atoms with Gasteiger partial charge in [-0.05, 0) is 44.2 Å². The van der Waals surface area contributed by atoms with Crippen molar-refractivity contribution in [2.45, 2.75) is 82.6 Å². The second-order valence-electron chi connectivity index (χ2n) is 9.78. The van der Waals surface area contributed by atoms with E-state index in [1.54, 1.807) is 0 Å². The van der Waals surface area contributed by atoms with Gasteiger partial charge in [0.05, 0.1) is 6.10 Å². The van der Waals surface area contributed by atoms with Gasteiger partial charge in [-0.1, -0.05) is 56.5 Å². The molecule has 7 nitrogen and oxygen atoms in total. The summed E-state index contributed by atoms with van der Waals surface area (Å²) in [6.07, 6.45) is 5.86. The number of nitrogens with one attached hydrogen (secondary N) is 1. The number of carbonyl (C=O) groups is 2. The summed E-state index contributed by atoms with van der Waals surface area (Å²) in [5.74, 6) is -0.303. The number of benzene rings is 1. The third kappa shape index (κ3) is 5.94. The topological polar surface area (TPSA) is 82.1 Å². The molecule has 7 heteroatoms. The van der Waals surface area contributed by atoms with Crippen molar-refractivity contribution in [2.75, 3.05) is 26.2 Å². The van der Waals surface area contributed by atoms with E-state index in [4.69, 9.17) is 4.74 Å². The molecule has 1 saturated carbocycles. The number of piperidine rings is 2. The second kappa shape index (κ2) is 11.4. The molecule has 4 rings (SSSR count). The number of urea groups is 1. The van der Waals surface area contributed by atoms with Crippen LogP contribution < -0.4 is 5.32 Å². The molecule has 2 saturated heterocycles. The summed E-state index contributed by atoms with van der Waals surface area (Å²) in [5.41, 5.74) is 1.12. The first-order valence-corrected chi connectivity index (χ1v) is 12.8. The zero-order valence-corrected chi connectivity index (χ0v) is 19.8. The van der Waals surface area contributed by atoms with E-state index in [9.17, 15) is 14.7 Å². The number of hydrogen-bond donors (Lipinski definition) is 2. The van der Waals surface area contributed by atoms with Crippen LogP contribution in [0, 0.1) is 5.92 Å². The number of hydrogen-bond acceptors (Lipinski definition) is 5. The monoisotopic (exact) mass is 457 g/mol. The van der Waals surface area contributed by atoms with Crippen molar-refractivity contribution in [1.29, 1.82) is 0 Å². The molecule has 3 amide bonds. The number of ether oxygens (including phenoxy) is 1. The summed E-state index contributed by atoms with van der Waals surface area (Å²) in [6, 6.07) is 9.61. The van der Waals surface area contributed by atoms with E-state index in [2.05, 4.69) is 29.3 Å². The van der Waals surface area contributed by atoms with Crippen LogP contribution >= 0.6 is 0 Å². The molecule has 3 fully saturated rings. The zero-order chi connectivity index (χ0) is 23.2. The highest BCUT2D eigenvalue weighted by molar-refractivity contribution is 5.95. The van der Waals surface area contributed by atoms with E-state index >= 15 is 0 Å². The van der Waals surface area contributed by atoms with Crippen molar-refractivity contribution >= 4 is 11.9 Å². The highest BCUT2D eigenvalue weighted by Crippen LogP contribution is 2.35. The Morgan fingerprint density at radius 2 is 1.70 bits per heavy atom. The van der Waals surface area contributed by atoms with Crippen LogP contribution in [-0.4, -0.2) is 71.5 Å². The molecule has 0 bridgehead atoms. The maximum atomic E-state index is 13.0. The molecule has 0 aromatic heterocycles. The lowest BCUT2D eigenvalue weighted by Gasteiger charge is -2.44. The van der Waals surface area contributed by atoms with E-state index in [-0.39, 0.29) is 23.8 Å². The largest absolute Gasteiger partial charge is 0.371 e. The van der Waals surface area contributed by atoms with Crippen LogP contribution in [0.2, 0.25) is 0 Å². The molecular formula is C26H39N3O4. The molecule has 0 radical (unpaired) electrons. The number of nitrogens with zero attached hydrogens (tertiary/aromatic N) is 2. The smallest absolute Gasteiger partial charge is 0.326 e. The van der Waals surface area contributed by atoms with E-state index in [0.29, 0.717) is 13.0 Å². The predicted molar refractivity (Wildman–Crippen MR) is 127 cm³/mol. The minimum Gasteiger partial charge on any atom is -0.371 e. The number of carbonyl (C=O) groups excluding carboxylic acids is 2. The first-order chi connectivity index (χ1) is 16.1. The average Bonchev–Trinajstić information content (AvgIpc) is 2.86. The molecule has 1 aromatic rings. The Balaban J connectivity index is 1.44. The first kappa shape index (κ1) is 24.2. The van der Waals surface area contributed by atoms with Crippen LogP contribution in [-0.2, 0) is 9.53 Å². The van der Waals surface area contributed by atoms with Gasteiger partial charge in [0.15, 0.2) is 6.23 Å². The highest BCUT2D eigenvalue weighted by Gasteiger charge is 2.42. The van der Waals surface area contributed by atoms with Crippen LogP contribution in [0.15, 0.2) is 30.3 Å². The van der Waals surface area contributed by atoms with Crippen LogP contribution in [0.5, 0.6) is 0 Å². The lowest BCUT2D eigenvalue weighted by Crippen LogP contribution is -2.59. The minimum atomic E-state index is -1.09. The molecule has 2 aliphatic heterocycles. The molecule has 1 aliphatic carbocycles. The molecule has 3 unspecified atom stereocenters. The Labute approximate surface area is 197 Å². The van der Waals surface area contributed by atoms with Crippen molar-refractivity contribution < 1.29 is 19.4 Å². The molecule has 33 heavy (non-hydrogen) atoms. The summed E-state index contributed by atoms with van der Waals surface area (Å²) < 4.78 is 6.52. The summed E-state index contributed by atoms with van der Waals surface area (Å²) in [6.45, 7) is 5.57. The van der Waals surface area contributed by atoms with Gasteiger partial charge in [-0.25, -0.2) is 4.79 Å². The third-order valence-corrected chi connectivity index (χ3v) is 7.72.